The van der Waals surface area contributed by atoms with Gasteiger partial charge in [0, 0.05) is 25.3 Å². The Labute approximate surface area is 111 Å². The second-order valence-electron chi connectivity index (χ2n) is 4.46. The van der Waals surface area contributed by atoms with Crippen molar-refractivity contribution < 1.29 is 0 Å². The summed E-state index contributed by atoms with van der Waals surface area (Å²) < 4.78 is 0. The van der Waals surface area contributed by atoms with E-state index in [0.717, 1.165) is 31.9 Å². The van der Waals surface area contributed by atoms with Crippen LogP contribution < -0.4 is 10.2 Å². The van der Waals surface area contributed by atoms with Gasteiger partial charge in [-0.3, -0.25) is 0 Å². The Bertz CT molecular complexity index is 363. The van der Waals surface area contributed by atoms with Crippen LogP contribution in [0.3, 0.4) is 0 Å². The van der Waals surface area contributed by atoms with Crippen LogP contribution in [0.5, 0.6) is 0 Å². The Morgan fingerprint density at radius 3 is 2.89 bits per heavy atom. The predicted octanol–water partition coefficient (Wildman–Crippen LogP) is 3.15. The Morgan fingerprint density at radius 1 is 1.50 bits per heavy atom. The predicted molar refractivity (Wildman–Crippen MR) is 79.0 cm³/mol. The Morgan fingerprint density at radius 2 is 2.28 bits per heavy atom. The molecule has 1 rings (SSSR count). The molecule has 0 aliphatic carbocycles. The smallest absolute Gasteiger partial charge is 0.129 e. The van der Waals surface area contributed by atoms with Gasteiger partial charge in [0.15, 0.2) is 0 Å². The molecule has 0 amide bonds. The van der Waals surface area contributed by atoms with Crippen LogP contribution in [-0.4, -0.2) is 24.6 Å². The molecule has 18 heavy (non-hydrogen) atoms. The summed E-state index contributed by atoms with van der Waals surface area (Å²) in [5.41, 5.74) is 1.28. The third kappa shape index (κ3) is 4.15. The minimum Gasteiger partial charge on any atom is -0.353 e. The van der Waals surface area contributed by atoms with Crippen LogP contribution in [0.2, 0.25) is 0 Å². The van der Waals surface area contributed by atoms with Gasteiger partial charge in [0.25, 0.3) is 0 Å². The van der Waals surface area contributed by atoms with Crippen molar-refractivity contribution in [3.63, 3.8) is 0 Å². The van der Waals surface area contributed by atoms with Crippen LogP contribution in [0.15, 0.2) is 31.0 Å². The fourth-order valence-electron chi connectivity index (χ4n) is 2.03. The molecule has 3 heteroatoms. The Balaban J connectivity index is 2.87. The summed E-state index contributed by atoms with van der Waals surface area (Å²) >= 11 is 0. The molecule has 0 aliphatic rings. The zero-order valence-corrected chi connectivity index (χ0v) is 11.8. The van der Waals surface area contributed by atoms with Gasteiger partial charge in [-0.1, -0.05) is 19.9 Å². The van der Waals surface area contributed by atoms with Crippen LogP contribution in [0.1, 0.15) is 38.8 Å². The highest BCUT2D eigenvalue weighted by molar-refractivity contribution is 5.42. The molecular weight excluding hydrogens is 222 g/mol. The van der Waals surface area contributed by atoms with Gasteiger partial charge in [0.2, 0.25) is 0 Å². The summed E-state index contributed by atoms with van der Waals surface area (Å²) in [5, 5.41) is 3.43. The van der Waals surface area contributed by atoms with Gasteiger partial charge in [-0.2, -0.15) is 0 Å². The summed E-state index contributed by atoms with van der Waals surface area (Å²) in [4.78, 5) is 6.73. The molecule has 0 bridgehead atoms. The van der Waals surface area contributed by atoms with E-state index in [9.17, 15) is 0 Å². The van der Waals surface area contributed by atoms with E-state index in [0.29, 0.717) is 6.04 Å². The second kappa shape index (κ2) is 7.88. The highest BCUT2D eigenvalue weighted by Gasteiger charge is 2.09. The molecule has 0 radical (unpaired) electrons. The fraction of sp³-hybridized carbons (Fsp3) is 0.533. The average Bonchev–Trinajstić information content (AvgIpc) is 2.39. The van der Waals surface area contributed by atoms with Gasteiger partial charge in [-0.25, -0.2) is 4.98 Å². The van der Waals surface area contributed by atoms with E-state index in [1.807, 2.05) is 12.3 Å². The summed E-state index contributed by atoms with van der Waals surface area (Å²) in [5.74, 6) is 1.04. The normalized spacial score (nSPS) is 12.2. The highest BCUT2D eigenvalue weighted by Crippen LogP contribution is 2.18. The second-order valence-corrected chi connectivity index (χ2v) is 4.46. The largest absolute Gasteiger partial charge is 0.353 e. The van der Waals surface area contributed by atoms with Crippen molar-refractivity contribution in [1.82, 2.24) is 10.3 Å². The molecule has 0 aromatic carbocycles. The van der Waals surface area contributed by atoms with Crippen LogP contribution >= 0.6 is 0 Å². The minimum atomic E-state index is 0.365. The number of anilines is 1. The van der Waals surface area contributed by atoms with E-state index in [1.165, 1.54) is 5.56 Å². The van der Waals surface area contributed by atoms with Crippen molar-refractivity contribution in [2.24, 2.45) is 0 Å². The standard InChI is InChI=1S/C15H25N3/c1-5-10-18(11-6-2)15-12-14(8-9-17-15)13(4)16-7-3/h5,8-9,12-13,16H,1,6-7,10-11H2,2-4H3. The minimum absolute atomic E-state index is 0.365. The number of hydrogen-bond acceptors (Lipinski definition) is 3. The third-order valence-corrected chi connectivity index (χ3v) is 2.95. The van der Waals surface area contributed by atoms with Crippen molar-refractivity contribution in [2.45, 2.75) is 33.2 Å². The summed E-state index contributed by atoms with van der Waals surface area (Å²) in [6.07, 6.45) is 4.94. The highest BCUT2D eigenvalue weighted by atomic mass is 15.2. The number of hydrogen-bond donors (Lipinski definition) is 1. The van der Waals surface area contributed by atoms with Crippen molar-refractivity contribution in [1.29, 1.82) is 0 Å². The summed E-state index contributed by atoms with van der Waals surface area (Å²) in [7, 11) is 0. The van der Waals surface area contributed by atoms with Crippen molar-refractivity contribution >= 4 is 5.82 Å². The van der Waals surface area contributed by atoms with Gasteiger partial charge < -0.3 is 10.2 Å². The molecule has 1 N–H and O–H groups in total. The maximum absolute atomic E-state index is 4.47. The molecule has 100 valence electrons. The van der Waals surface area contributed by atoms with Crippen LogP contribution in [-0.2, 0) is 0 Å². The van der Waals surface area contributed by atoms with Gasteiger partial charge in [-0.15, -0.1) is 6.58 Å². The topological polar surface area (TPSA) is 28.2 Å². The van der Waals surface area contributed by atoms with E-state index < -0.39 is 0 Å². The molecule has 0 fully saturated rings. The Kier molecular flexibility index (Phi) is 6.44. The van der Waals surface area contributed by atoms with E-state index in [1.54, 1.807) is 0 Å². The molecule has 1 atom stereocenters. The summed E-state index contributed by atoms with van der Waals surface area (Å²) in [6, 6.07) is 4.62. The van der Waals surface area contributed by atoms with Crippen LogP contribution in [0.25, 0.3) is 0 Å². The third-order valence-electron chi connectivity index (χ3n) is 2.95. The number of nitrogens with one attached hydrogen (secondary N) is 1. The first kappa shape index (κ1) is 14.7. The van der Waals surface area contributed by atoms with Crippen LogP contribution in [0.4, 0.5) is 5.82 Å². The van der Waals surface area contributed by atoms with E-state index in [-0.39, 0.29) is 0 Å². The fourth-order valence-corrected chi connectivity index (χ4v) is 2.03. The molecule has 1 heterocycles. The van der Waals surface area contributed by atoms with E-state index in [4.69, 9.17) is 0 Å². The molecule has 1 aromatic heterocycles. The zero-order valence-electron chi connectivity index (χ0n) is 11.8. The SMILES string of the molecule is C=CCN(CCC)c1cc(C(C)NCC)ccn1. The molecule has 1 aromatic rings. The molecule has 0 saturated heterocycles. The maximum atomic E-state index is 4.47. The van der Waals surface area contributed by atoms with Crippen molar-refractivity contribution in [3.05, 3.63) is 36.5 Å². The first-order valence-electron chi connectivity index (χ1n) is 6.78. The van der Waals surface area contributed by atoms with Crippen molar-refractivity contribution in [2.75, 3.05) is 24.5 Å². The first-order chi connectivity index (χ1) is 8.72. The lowest BCUT2D eigenvalue weighted by atomic mass is 10.1. The lowest BCUT2D eigenvalue weighted by Gasteiger charge is -2.23. The van der Waals surface area contributed by atoms with E-state index >= 15 is 0 Å². The lowest BCUT2D eigenvalue weighted by Crippen LogP contribution is -2.25. The number of rotatable bonds is 8. The number of pyridine rings is 1. The molecular formula is C15H25N3. The molecule has 0 saturated carbocycles. The molecule has 3 nitrogen and oxygen atoms in total. The maximum Gasteiger partial charge on any atom is 0.129 e. The number of aromatic nitrogens is 1. The van der Waals surface area contributed by atoms with Crippen molar-refractivity contribution in [3.8, 4) is 0 Å². The monoisotopic (exact) mass is 247 g/mol. The lowest BCUT2D eigenvalue weighted by molar-refractivity contribution is 0.597. The van der Waals surface area contributed by atoms with Gasteiger partial charge in [0.05, 0.1) is 0 Å². The molecule has 1 unspecified atom stereocenters. The Hall–Kier alpha value is -1.35. The van der Waals surface area contributed by atoms with Gasteiger partial charge in [0.1, 0.15) is 5.82 Å². The van der Waals surface area contributed by atoms with Crippen LogP contribution in [0, 0.1) is 0 Å². The first-order valence-corrected chi connectivity index (χ1v) is 6.78. The summed E-state index contributed by atoms with van der Waals surface area (Å²) in [6.45, 7) is 13.1. The van der Waals surface area contributed by atoms with Gasteiger partial charge >= 0.3 is 0 Å². The quantitative estimate of drug-likeness (QED) is 0.715. The van der Waals surface area contributed by atoms with Gasteiger partial charge in [-0.05, 0) is 37.6 Å². The number of nitrogens with zero attached hydrogens (tertiary/aromatic N) is 2. The average molecular weight is 247 g/mol. The van der Waals surface area contributed by atoms with E-state index in [2.05, 4.69) is 54.7 Å². The molecule has 0 spiro atoms. The zero-order chi connectivity index (χ0) is 13.4. The molecule has 0 aliphatic heterocycles.